The van der Waals surface area contributed by atoms with Crippen LogP contribution in [0.25, 0.3) is 0 Å². The van der Waals surface area contributed by atoms with Gasteiger partial charge in [-0.2, -0.15) is 0 Å². The Balaban J connectivity index is 2.01. The van der Waals surface area contributed by atoms with Crippen molar-refractivity contribution in [1.29, 1.82) is 0 Å². The molecule has 20 heavy (non-hydrogen) atoms. The fourth-order valence-electron chi connectivity index (χ4n) is 1.94. The maximum atomic E-state index is 11.6. The lowest BCUT2D eigenvalue weighted by atomic mass is 10.1. The van der Waals surface area contributed by atoms with Gasteiger partial charge in [-0.1, -0.05) is 22.0 Å². The molecule has 5 heteroatoms. The molecule has 0 saturated carbocycles. The van der Waals surface area contributed by atoms with Crippen molar-refractivity contribution in [3.63, 3.8) is 0 Å². The standard InChI is InChI=1S/C15H17BrN2O2/c16-13-4-5-14(12(11-13)6-7-17)20-10-9-18-8-2-1-3-15(18)19/h1-5,8,11H,6-7,9-10,17H2. The van der Waals surface area contributed by atoms with Gasteiger partial charge in [0, 0.05) is 16.7 Å². The summed E-state index contributed by atoms with van der Waals surface area (Å²) in [5, 5.41) is 0. The van der Waals surface area contributed by atoms with Crippen LogP contribution in [0.3, 0.4) is 0 Å². The number of nitrogens with zero attached hydrogens (tertiary/aromatic N) is 1. The predicted molar refractivity (Wildman–Crippen MR) is 83.1 cm³/mol. The summed E-state index contributed by atoms with van der Waals surface area (Å²) >= 11 is 3.44. The maximum Gasteiger partial charge on any atom is 0.250 e. The fourth-order valence-corrected chi connectivity index (χ4v) is 2.35. The predicted octanol–water partition coefficient (Wildman–Crippen LogP) is 2.19. The number of rotatable bonds is 6. The van der Waals surface area contributed by atoms with Crippen LogP contribution in [-0.4, -0.2) is 17.7 Å². The molecular formula is C15H17BrN2O2. The highest BCUT2D eigenvalue weighted by Gasteiger charge is 2.04. The Bertz CT molecular complexity index is 625. The van der Waals surface area contributed by atoms with E-state index in [9.17, 15) is 4.79 Å². The van der Waals surface area contributed by atoms with Crippen LogP contribution in [-0.2, 0) is 13.0 Å². The number of benzene rings is 1. The molecule has 0 saturated heterocycles. The van der Waals surface area contributed by atoms with Gasteiger partial charge in [-0.3, -0.25) is 4.79 Å². The van der Waals surface area contributed by atoms with Crippen molar-refractivity contribution in [2.75, 3.05) is 13.2 Å². The van der Waals surface area contributed by atoms with Crippen LogP contribution in [0.4, 0.5) is 0 Å². The van der Waals surface area contributed by atoms with Gasteiger partial charge >= 0.3 is 0 Å². The number of pyridine rings is 1. The molecule has 2 aromatic rings. The molecule has 1 heterocycles. The summed E-state index contributed by atoms with van der Waals surface area (Å²) in [5.74, 6) is 0.822. The largest absolute Gasteiger partial charge is 0.491 e. The van der Waals surface area contributed by atoms with Gasteiger partial charge in [0.25, 0.3) is 5.56 Å². The van der Waals surface area contributed by atoms with Gasteiger partial charge in [0.2, 0.25) is 0 Å². The molecule has 0 fully saturated rings. The van der Waals surface area contributed by atoms with E-state index >= 15 is 0 Å². The molecule has 0 radical (unpaired) electrons. The molecule has 0 aliphatic rings. The summed E-state index contributed by atoms with van der Waals surface area (Å²) in [5.41, 5.74) is 6.65. The van der Waals surface area contributed by atoms with Gasteiger partial charge in [0.05, 0.1) is 6.54 Å². The third kappa shape index (κ3) is 3.95. The van der Waals surface area contributed by atoms with Crippen LogP contribution in [0.15, 0.2) is 51.9 Å². The van der Waals surface area contributed by atoms with Crippen molar-refractivity contribution >= 4 is 15.9 Å². The van der Waals surface area contributed by atoms with Crippen LogP contribution in [0, 0.1) is 0 Å². The van der Waals surface area contributed by atoms with Crippen LogP contribution >= 0.6 is 15.9 Å². The molecule has 0 spiro atoms. The number of halogens is 1. The molecule has 4 nitrogen and oxygen atoms in total. The number of hydrogen-bond acceptors (Lipinski definition) is 3. The first-order valence-electron chi connectivity index (χ1n) is 6.47. The minimum atomic E-state index is -0.0194. The summed E-state index contributed by atoms with van der Waals surface area (Å²) in [6.45, 7) is 1.55. The van der Waals surface area contributed by atoms with E-state index in [1.165, 1.54) is 0 Å². The lowest BCUT2D eigenvalue weighted by Crippen LogP contribution is -2.21. The summed E-state index contributed by atoms with van der Waals surface area (Å²) in [6, 6.07) is 11.0. The van der Waals surface area contributed by atoms with E-state index in [-0.39, 0.29) is 5.56 Å². The van der Waals surface area contributed by atoms with Crippen LogP contribution in [0.1, 0.15) is 5.56 Å². The molecule has 2 N–H and O–H groups in total. The molecule has 0 unspecified atom stereocenters. The van der Waals surface area contributed by atoms with E-state index in [0.29, 0.717) is 19.7 Å². The average Bonchev–Trinajstić information content (AvgIpc) is 2.43. The normalized spacial score (nSPS) is 10.5. The van der Waals surface area contributed by atoms with E-state index in [0.717, 1.165) is 22.2 Å². The third-order valence-corrected chi connectivity index (χ3v) is 3.42. The van der Waals surface area contributed by atoms with Gasteiger partial charge in [0.15, 0.2) is 0 Å². The third-order valence-electron chi connectivity index (χ3n) is 2.92. The first-order chi connectivity index (χ1) is 9.70. The van der Waals surface area contributed by atoms with Gasteiger partial charge in [-0.15, -0.1) is 0 Å². The molecule has 1 aromatic carbocycles. The summed E-state index contributed by atoms with van der Waals surface area (Å²) < 4.78 is 8.40. The second-order valence-corrected chi connectivity index (χ2v) is 5.29. The zero-order valence-corrected chi connectivity index (χ0v) is 12.7. The minimum absolute atomic E-state index is 0.0194. The molecule has 0 aliphatic carbocycles. The lowest BCUT2D eigenvalue weighted by Gasteiger charge is -2.12. The smallest absolute Gasteiger partial charge is 0.250 e. The topological polar surface area (TPSA) is 57.2 Å². The molecule has 0 bridgehead atoms. The number of nitrogens with two attached hydrogens (primary N) is 1. The van der Waals surface area contributed by atoms with Crippen molar-refractivity contribution in [2.24, 2.45) is 5.73 Å². The first-order valence-corrected chi connectivity index (χ1v) is 7.27. The van der Waals surface area contributed by atoms with E-state index in [1.807, 2.05) is 24.3 Å². The second-order valence-electron chi connectivity index (χ2n) is 4.37. The van der Waals surface area contributed by atoms with Gasteiger partial charge in [-0.25, -0.2) is 0 Å². The SMILES string of the molecule is NCCc1cc(Br)ccc1OCCn1ccccc1=O. The Labute approximate surface area is 126 Å². The Kier molecular flexibility index (Phi) is 5.38. The number of hydrogen-bond donors (Lipinski definition) is 1. The fraction of sp³-hybridized carbons (Fsp3) is 0.267. The zero-order chi connectivity index (χ0) is 14.4. The molecule has 1 aromatic heterocycles. The Morgan fingerprint density at radius 2 is 2.10 bits per heavy atom. The summed E-state index contributed by atoms with van der Waals surface area (Å²) in [7, 11) is 0. The molecule has 2 rings (SSSR count). The van der Waals surface area contributed by atoms with Crippen molar-refractivity contribution in [1.82, 2.24) is 4.57 Å². The lowest BCUT2D eigenvalue weighted by molar-refractivity contribution is 0.293. The highest BCUT2D eigenvalue weighted by atomic mass is 79.9. The Hall–Kier alpha value is -1.59. The van der Waals surface area contributed by atoms with Crippen LogP contribution in [0.2, 0.25) is 0 Å². The quantitative estimate of drug-likeness (QED) is 0.879. The first kappa shape index (κ1) is 14.8. The van der Waals surface area contributed by atoms with E-state index < -0.39 is 0 Å². The maximum absolute atomic E-state index is 11.6. The number of ether oxygens (including phenoxy) is 1. The van der Waals surface area contributed by atoms with Crippen molar-refractivity contribution < 1.29 is 4.74 Å². The van der Waals surface area contributed by atoms with Gasteiger partial charge in [0.1, 0.15) is 12.4 Å². The Morgan fingerprint density at radius 3 is 2.85 bits per heavy atom. The molecular weight excluding hydrogens is 320 g/mol. The monoisotopic (exact) mass is 336 g/mol. The summed E-state index contributed by atoms with van der Waals surface area (Å²) in [4.78, 5) is 11.6. The Morgan fingerprint density at radius 1 is 1.25 bits per heavy atom. The second kappa shape index (κ2) is 7.26. The zero-order valence-electron chi connectivity index (χ0n) is 11.1. The van der Waals surface area contributed by atoms with E-state index in [4.69, 9.17) is 10.5 Å². The van der Waals surface area contributed by atoms with Crippen molar-refractivity contribution in [2.45, 2.75) is 13.0 Å². The molecule has 106 valence electrons. The molecule has 0 atom stereocenters. The highest BCUT2D eigenvalue weighted by molar-refractivity contribution is 9.10. The molecule has 0 aliphatic heterocycles. The van der Waals surface area contributed by atoms with Crippen LogP contribution < -0.4 is 16.0 Å². The van der Waals surface area contributed by atoms with Crippen molar-refractivity contribution in [3.05, 3.63) is 63.0 Å². The number of aromatic nitrogens is 1. The highest BCUT2D eigenvalue weighted by Crippen LogP contribution is 2.23. The van der Waals surface area contributed by atoms with Crippen molar-refractivity contribution in [3.8, 4) is 5.75 Å². The summed E-state index contributed by atoms with van der Waals surface area (Å²) in [6.07, 6.45) is 2.52. The van der Waals surface area contributed by atoms with Gasteiger partial charge in [-0.05, 0) is 42.8 Å². The van der Waals surface area contributed by atoms with E-state index in [2.05, 4.69) is 15.9 Å². The van der Waals surface area contributed by atoms with Gasteiger partial charge < -0.3 is 15.0 Å². The van der Waals surface area contributed by atoms with Crippen LogP contribution in [0.5, 0.6) is 5.75 Å². The average molecular weight is 337 g/mol. The minimum Gasteiger partial charge on any atom is -0.491 e. The van der Waals surface area contributed by atoms with E-state index in [1.54, 1.807) is 22.9 Å². The molecule has 0 amide bonds.